The Hall–Kier alpha value is -1.10. The van der Waals surface area contributed by atoms with Gasteiger partial charge in [-0.25, -0.2) is 0 Å². The SMILES string of the molecule is CC1CN(CCC(=O)N(C)C)CC1C(=O)O. The molecule has 1 rings (SSSR count). The molecule has 1 saturated heterocycles. The molecule has 0 aromatic rings. The van der Waals surface area contributed by atoms with E-state index in [2.05, 4.69) is 4.90 Å². The molecule has 0 aromatic heterocycles. The molecule has 92 valence electrons. The minimum atomic E-state index is -0.728. The van der Waals surface area contributed by atoms with Crippen molar-refractivity contribution in [2.24, 2.45) is 11.8 Å². The lowest BCUT2D eigenvalue weighted by atomic mass is 9.99. The number of hydrogen-bond donors (Lipinski definition) is 1. The molecule has 16 heavy (non-hydrogen) atoms. The average molecular weight is 228 g/mol. The van der Waals surface area contributed by atoms with Gasteiger partial charge >= 0.3 is 5.97 Å². The van der Waals surface area contributed by atoms with Crippen LogP contribution in [-0.4, -0.2) is 60.5 Å². The molecular formula is C11H20N2O3. The first-order valence-corrected chi connectivity index (χ1v) is 5.57. The number of carboxylic acid groups (broad SMARTS) is 1. The Morgan fingerprint density at radius 1 is 1.38 bits per heavy atom. The van der Waals surface area contributed by atoms with E-state index in [0.29, 0.717) is 19.5 Å². The molecule has 2 atom stereocenters. The standard InChI is InChI=1S/C11H20N2O3/c1-8-6-13(7-9(8)11(15)16)5-4-10(14)12(2)3/h8-9H,4-7H2,1-3H3,(H,15,16). The number of amides is 1. The second-order valence-corrected chi connectivity index (χ2v) is 4.72. The minimum absolute atomic E-state index is 0.0893. The van der Waals surface area contributed by atoms with Crippen molar-refractivity contribution in [1.82, 2.24) is 9.80 Å². The number of rotatable bonds is 4. The van der Waals surface area contributed by atoms with Gasteiger partial charge in [0, 0.05) is 40.2 Å². The highest BCUT2D eigenvalue weighted by atomic mass is 16.4. The highest BCUT2D eigenvalue weighted by Gasteiger charge is 2.34. The predicted molar refractivity (Wildman–Crippen MR) is 60.0 cm³/mol. The lowest BCUT2D eigenvalue weighted by molar-refractivity contribution is -0.142. The number of carbonyl (C=O) groups is 2. The molecule has 1 fully saturated rings. The van der Waals surface area contributed by atoms with E-state index in [-0.39, 0.29) is 17.7 Å². The normalized spacial score (nSPS) is 25.7. The molecule has 1 aliphatic rings. The summed E-state index contributed by atoms with van der Waals surface area (Å²) in [5.74, 6) is -0.748. The summed E-state index contributed by atoms with van der Waals surface area (Å²) in [7, 11) is 3.46. The van der Waals surface area contributed by atoms with E-state index in [1.54, 1.807) is 19.0 Å². The van der Waals surface area contributed by atoms with Gasteiger partial charge in [0.25, 0.3) is 0 Å². The maximum absolute atomic E-state index is 11.4. The summed E-state index contributed by atoms with van der Waals surface area (Å²) in [6.07, 6.45) is 0.464. The first-order chi connectivity index (χ1) is 7.41. The van der Waals surface area contributed by atoms with Gasteiger partial charge in [0.1, 0.15) is 0 Å². The summed E-state index contributed by atoms with van der Waals surface area (Å²) in [5.41, 5.74) is 0. The van der Waals surface area contributed by atoms with Crippen LogP contribution in [0.25, 0.3) is 0 Å². The third-order valence-electron chi connectivity index (χ3n) is 3.15. The van der Waals surface area contributed by atoms with E-state index >= 15 is 0 Å². The van der Waals surface area contributed by atoms with E-state index < -0.39 is 5.97 Å². The first-order valence-electron chi connectivity index (χ1n) is 5.57. The van der Waals surface area contributed by atoms with Crippen molar-refractivity contribution in [3.05, 3.63) is 0 Å². The van der Waals surface area contributed by atoms with Gasteiger partial charge in [-0.1, -0.05) is 6.92 Å². The number of carboxylic acids is 1. The third-order valence-corrected chi connectivity index (χ3v) is 3.15. The Balaban J connectivity index is 2.36. The fourth-order valence-electron chi connectivity index (χ4n) is 2.05. The van der Waals surface area contributed by atoms with Crippen molar-refractivity contribution in [3.8, 4) is 0 Å². The van der Waals surface area contributed by atoms with Crippen LogP contribution >= 0.6 is 0 Å². The molecule has 5 nitrogen and oxygen atoms in total. The molecule has 0 spiro atoms. The van der Waals surface area contributed by atoms with Crippen LogP contribution in [0.2, 0.25) is 0 Å². The monoisotopic (exact) mass is 228 g/mol. The molecule has 0 bridgehead atoms. The molecule has 2 unspecified atom stereocenters. The molecule has 0 saturated carbocycles. The smallest absolute Gasteiger partial charge is 0.308 e. The van der Waals surface area contributed by atoms with Crippen molar-refractivity contribution in [1.29, 1.82) is 0 Å². The molecule has 0 radical (unpaired) electrons. The van der Waals surface area contributed by atoms with Gasteiger partial charge in [0.15, 0.2) is 0 Å². The van der Waals surface area contributed by atoms with Crippen LogP contribution in [0, 0.1) is 11.8 Å². The van der Waals surface area contributed by atoms with Crippen molar-refractivity contribution >= 4 is 11.9 Å². The number of carbonyl (C=O) groups excluding carboxylic acids is 1. The van der Waals surface area contributed by atoms with Gasteiger partial charge in [0.05, 0.1) is 5.92 Å². The van der Waals surface area contributed by atoms with Gasteiger partial charge < -0.3 is 14.9 Å². The lowest BCUT2D eigenvalue weighted by Gasteiger charge is -2.16. The number of aliphatic carboxylic acids is 1. The van der Waals surface area contributed by atoms with Crippen molar-refractivity contribution in [3.63, 3.8) is 0 Å². The molecule has 0 aromatic carbocycles. The van der Waals surface area contributed by atoms with E-state index in [1.165, 1.54) is 0 Å². The summed E-state index contributed by atoms with van der Waals surface area (Å²) >= 11 is 0. The van der Waals surface area contributed by atoms with Crippen LogP contribution in [-0.2, 0) is 9.59 Å². The molecule has 0 aliphatic carbocycles. The third kappa shape index (κ3) is 3.20. The van der Waals surface area contributed by atoms with E-state index in [9.17, 15) is 9.59 Å². The van der Waals surface area contributed by atoms with E-state index in [1.807, 2.05) is 6.92 Å². The summed E-state index contributed by atoms with van der Waals surface area (Å²) in [6, 6.07) is 0. The van der Waals surface area contributed by atoms with Gasteiger partial charge in [-0.15, -0.1) is 0 Å². The fraction of sp³-hybridized carbons (Fsp3) is 0.818. The fourth-order valence-corrected chi connectivity index (χ4v) is 2.05. The summed E-state index contributed by atoms with van der Waals surface area (Å²) in [6.45, 7) is 3.95. The lowest BCUT2D eigenvalue weighted by Crippen LogP contribution is -2.29. The molecule has 1 N–H and O–H groups in total. The quantitative estimate of drug-likeness (QED) is 0.742. The van der Waals surface area contributed by atoms with Crippen LogP contribution in [0.1, 0.15) is 13.3 Å². The molecule has 1 heterocycles. The van der Waals surface area contributed by atoms with Crippen LogP contribution in [0.5, 0.6) is 0 Å². The maximum atomic E-state index is 11.4. The van der Waals surface area contributed by atoms with Gasteiger partial charge in [-0.2, -0.15) is 0 Å². The molecule has 5 heteroatoms. The van der Waals surface area contributed by atoms with Crippen molar-refractivity contribution < 1.29 is 14.7 Å². The topological polar surface area (TPSA) is 60.9 Å². The average Bonchev–Trinajstić information content (AvgIpc) is 2.56. The Kier molecular flexibility index (Phi) is 4.29. The zero-order valence-electron chi connectivity index (χ0n) is 10.1. The number of nitrogens with zero attached hydrogens (tertiary/aromatic N) is 2. The highest BCUT2D eigenvalue weighted by Crippen LogP contribution is 2.23. The van der Waals surface area contributed by atoms with E-state index in [0.717, 1.165) is 6.54 Å². The largest absolute Gasteiger partial charge is 0.481 e. The summed E-state index contributed by atoms with van der Waals surface area (Å²) < 4.78 is 0. The Labute approximate surface area is 96.0 Å². The Bertz CT molecular complexity index is 278. The molecule has 1 amide bonds. The second kappa shape index (κ2) is 5.30. The minimum Gasteiger partial charge on any atom is -0.481 e. The summed E-state index contributed by atoms with van der Waals surface area (Å²) in [5, 5.41) is 8.97. The number of hydrogen-bond acceptors (Lipinski definition) is 3. The molecule has 1 aliphatic heterocycles. The van der Waals surface area contributed by atoms with Crippen molar-refractivity contribution in [2.75, 3.05) is 33.7 Å². The van der Waals surface area contributed by atoms with Crippen LogP contribution in [0.15, 0.2) is 0 Å². The summed E-state index contributed by atoms with van der Waals surface area (Å²) in [4.78, 5) is 25.9. The van der Waals surface area contributed by atoms with E-state index in [4.69, 9.17) is 5.11 Å². The predicted octanol–water partition coefficient (Wildman–Crippen LogP) is 0.117. The molecular weight excluding hydrogens is 208 g/mol. The Morgan fingerprint density at radius 3 is 2.44 bits per heavy atom. The van der Waals surface area contributed by atoms with Gasteiger partial charge in [-0.05, 0) is 5.92 Å². The Morgan fingerprint density at radius 2 is 2.00 bits per heavy atom. The van der Waals surface area contributed by atoms with Crippen LogP contribution in [0.3, 0.4) is 0 Å². The first kappa shape index (κ1) is 13.0. The van der Waals surface area contributed by atoms with Gasteiger partial charge in [-0.3, -0.25) is 9.59 Å². The van der Waals surface area contributed by atoms with Crippen LogP contribution in [0.4, 0.5) is 0 Å². The highest BCUT2D eigenvalue weighted by molar-refractivity contribution is 5.75. The second-order valence-electron chi connectivity index (χ2n) is 4.72. The zero-order chi connectivity index (χ0) is 12.3. The number of likely N-dealkylation sites (tertiary alicyclic amines) is 1. The van der Waals surface area contributed by atoms with Gasteiger partial charge in [0.2, 0.25) is 5.91 Å². The maximum Gasteiger partial charge on any atom is 0.308 e. The van der Waals surface area contributed by atoms with Crippen LogP contribution < -0.4 is 0 Å². The van der Waals surface area contributed by atoms with Crippen molar-refractivity contribution in [2.45, 2.75) is 13.3 Å². The zero-order valence-corrected chi connectivity index (χ0v) is 10.1.